The van der Waals surface area contributed by atoms with Crippen molar-refractivity contribution < 1.29 is 13.2 Å². The number of nitrogens with two attached hydrogens (primary N) is 1. The fourth-order valence-corrected chi connectivity index (χ4v) is 4.22. The minimum absolute atomic E-state index is 0.0565. The van der Waals surface area contributed by atoms with Gasteiger partial charge in [0.2, 0.25) is 5.91 Å². The third kappa shape index (κ3) is 4.42. The van der Waals surface area contributed by atoms with Gasteiger partial charge in [0.25, 0.3) is 0 Å². The normalized spacial score (nSPS) is 22.2. The molecule has 1 saturated heterocycles. The zero-order valence-corrected chi connectivity index (χ0v) is 13.1. The van der Waals surface area contributed by atoms with Crippen LogP contribution in [0.3, 0.4) is 0 Å². The number of hydrogen-bond donors (Lipinski definition) is 1. The monoisotopic (exact) mass is 306 g/mol. The molecule has 19 heavy (non-hydrogen) atoms. The lowest BCUT2D eigenvalue weighted by atomic mass is 10.1. The standard InChI is InChI=1S/C12H22N2O3S2/c1-9(2)14(7-6-11(13)18)12(15)10-5-3-4-8-19(10,16)17/h9-10H,3-8H2,1-2H3,(H2,13,18). The van der Waals surface area contributed by atoms with Gasteiger partial charge in [0.15, 0.2) is 9.84 Å². The number of amides is 1. The van der Waals surface area contributed by atoms with Crippen LogP contribution in [-0.2, 0) is 14.6 Å². The highest BCUT2D eigenvalue weighted by Crippen LogP contribution is 2.22. The van der Waals surface area contributed by atoms with Crippen LogP contribution in [0.15, 0.2) is 0 Å². The lowest BCUT2D eigenvalue weighted by Gasteiger charge is -2.32. The Morgan fingerprint density at radius 1 is 1.42 bits per heavy atom. The molecule has 1 aliphatic rings. The van der Waals surface area contributed by atoms with Gasteiger partial charge < -0.3 is 10.6 Å². The van der Waals surface area contributed by atoms with Crippen LogP contribution in [0, 0.1) is 0 Å². The van der Waals surface area contributed by atoms with Gasteiger partial charge in [0, 0.05) is 19.0 Å². The van der Waals surface area contributed by atoms with Gasteiger partial charge in [0.1, 0.15) is 5.25 Å². The van der Waals surface area contributed by atoms with E-state index in [0.29, 0.717) is 30.8 Å². The lowest BCUT2D eigenvalue weighted by molar-refractivity contribution is -0.132. The van der Waals surface area contributed by atoms with E-state index in [-0.39, 0.29) is 17.7 Å². The van der Waals surface area contributed by atoms with Crippen molar-refractivity contribution in [1.82, 2.24) is 4.90 Å². The molecule has 2 N–H and O–H groups in total. The van der Waals surface area contributed by atoms with E-state index in [0.717, 1.165) is 6.42 Å². The van der Waals surface area contributed by atoms with E-state index < -0.39 is 15.1 Å². The molecular weight excluding hydrogens is 284 g/mol. The van der Waals surface area contributed by atoms with Crippen LogP contribution in [0.4, 0.5) is 0 Å². The summed E-state index contributed by atoms with van der Waals surface area (Å²) in [5.41, 5.74) is 5.45. The number of thiocarbonyl (C=S) groups is 1. The van der Waals surface area contributed by atoms with Crippen molar-refractivity contribution in [1.29, 1.82) is 0 Å². The Morgan fingerprint density at radius 3 is 2.53 bits per heavy atom. The summed E-state index contributed by atoms with van der Waals surface area (Å²) in [4.78, 5) is 14.3. The largest absolute Gasteiger partial charge is 0.393 e. The van der Waals surface area contributed by atoms with Gasteiger partial charge in [-0.05, 0) is 26.7 Å². The fourth-order valence-electron chi connectivity index (χ4n) is 2.27. The first kappa shape index (κ1) is 16.4. The molecule has 0 spiro atoms. The molecule has 110 valence electrons. The average molecular weight is 306 g/mol. The predicted molar refractivity (Wildman–Crippen MR) is 79.7 cm³/mol. The maximum absolute atomic E-state index is 12.4. The Kier molecular flexibility index (Phi) is 5.73. The Morgan fingerprint density at radius 2 is 2.05 bits per heavy atom. The molecular formula is C12H22N2O3S2. The molecule has 5 nitrogen and oxygen atoms in total. The molecule has 1 heterocycles. The van der Waals surface area contributed by atoms with E-state index in [2.05, 4.69) is 0 Å². The first-order valence-electron chi connectivity index (χ1n) is 6.56. The maximum Gasteiger partial charge on any atom is 0.241 e. The number of hydrogen-bond acceptors (Lipinski definition) is 4. The van der Waals surface area contributed by atoms with Crippen molar-refractivity contribution >= 4 is 33.0 Å². The quantitative estimate of drug-likeness (QED) is 0.762. The second-order valence-corrected chi connectivity index (χ2v) is 8.02. The molecule has 1 atom stereocenters. The topological polar surface area (TPSA) is 80.5 Å². The predicted octanol–water partition coefficient (Wildman–Crippen LogP) is 0.867. The smallest absolute Gasteiger partial charge is 0.241 e. The SMILES string of the molecule is CC(C)N(CCC(N)=S)C(=O)C1CCCCS1(=O)=O. The van der Waals surface area contributed by atoms with Crippen LogP contribution < -0.4 is 5.73 Å². The summed E-state index contributed by atoms with van der Waals surface area (Å²) >= 11 is 4.81. The van der Waals surface area contributed by atoms with E-state index in [1.807, 2.05) is 13.8 Å². The van der Waals surface area contributed by atoms with Gasteiger partial charge in [-0.2, -0.15) is 0 Å². The summed E-state index contributed by atoms with van der Waals surface area (Å²) in [5, 5.41) is -0.880. The van der Waals surface area contributed by atoms with Gasteiger partial charge in [-0.1, -0.05) is 18.6 Å². The number of nitrogens with zero attached hydrogens (tertiary/aromatic N) is 1. The molecule has 1 fully saturated rings. The molecule has 1 amide bonds. The van der Waals surface area contributed by atoms with Crippen molar-refractivity contribution in [3.63, 3.8) is 0 Å². The molecule has 1 rings (SSSR count). The molecule has 1 unspecified atom stereocenters. The minimum Gasteiger partial charge on any atom is -0.393 e. The van der Waals surface area contributed by atoms with Crippen molar-refractivity contribution in [2.24, 2.45) is 5.73 Å². The van der Waals surface area contributed by atoms with Crippen LogP contribution >= 0.6 is 12.2 Å². The number of carbonyl (C=O) groups is 1. The van der Waals surface area contributed by atoms with Crippen LogP contribution in [0.1, 0.15) is 39.5 Å². The summed E-state index contributed by atoms with van der Waals surface area (Å²) in [6, 6.07) is -0.0565. The molecule has 7 heteroatoms. The van der Waals surface area contributed by atoms with Crippen molar-refractivity contribution in [2.75, 3.05) is 12.3 Å². The maximum atomic E-state index is 12.4. The van der Waals surface area contributed by atoms with Gasteiger partial charge in [-0.25, -0.2) is 8.42 Å². The molecule has 0 aromatic heterocycles. The molecule has 0 aromatic carbocycles. The minimum atomic E-state index is -3.30. The Balaban J connectivity index is 2.83. The summed E-state index contributed by atoms with van der Waals surface area (Å²) in [5.74, 6) is -0.184. The third-order valence-corrected chi connectivity index (χ3v) is 5.73. The summed E-state index contributed by atoms with van der Waals surface area (Å²) < 4.78 is 24.0. The summed E-state index contributed by atoms with van der Waals surface area (Å²) in [7, 11) is -3.30. The van der Waals surface area contributed by atoms with Crippen LogP contribution in [0.2, 0.25) is 0 Å². The van der Waals surface area contributed by atoms with Crippen LogP contribution in [0.5, 0.6) is 0 Å². The zero-order chi connectivity index (χ0) is 14.6. The second-order valence-electron chi connectivity index (χ2n) is 5.19. The van der Waals surface area contributed by atoms with Crippen LogP contribution in [0.25, 0.3) is 0 Å². The molecule has 0 radical (unpaired) electrons. The highest BCUT2D eigenvalue weighted by Gasteiger charge is 2.37. The van der Waals surface area contributed by atoms with E-state index in [1.54, 1.807) is 4.90 Å². The van der Waals surface area contributed by atoms with Gasteiger partial charge in [0.05, 0.1) is 10.7 Å². The number of carbonyl (C=O) groups excluding carboxylic acids is 1. The number of sulfone groups is 1. The van der Waals surface area contributed by atoms with Crippen LogP contribution in [-0.4, -0.2) is 47.8 Å². The van der Waals surface area contributed by atoms with E-state index >= 15 is 0 Å². The van der Waals surface area contributed by atoms with Gasteiger partial charge >= 0.3 is 0 Å². The van der Waals surface area contributed by atoms with E-state index in [4.69, 9.17) is 18.0 Å². The first-order valence-corrected chi connectivity index (χ1v) is 8.68. The Labute approximate surface area is 120 Å². The van der Waals surface area contributed by atoms with E-state index in [1.165, 1.54) is 0 Å². The molecule has 0 aromatic rings. The Hall–Kier alpha value is -0.690. The van der Waals surface area contributed by atoms with Gasteiger partial charge in [-0.15, -0.1) is 0 Å². The first-order chi connectivity index (χ1) is 8.75. The lowest BCUT2D eigenvalue weighted by Crippen LogP contribution is -2.48. The Bertz CT molecular complexity index is 446. The molecule has 0 saturated carbocycles. The third-order valence-electron chi connectivity index (χ3n) is 3.36. The highest BCUT2D eigenvalue weighted by atomic mass is 32.2. The summed E-state index contributed by atoms with van der Waals surface area (Å²) in [6.07, 6.45) is 2.29. The average Bonchev–Trinajstić information content (AvgIpc) is 2.27. The summed E-state index contributed by atoms with van der Waals surface area (Å²) in [6.45, 7) is 4.12. The highest BCUT2D eigenvalue weighted by molar-refractivity contribution is 7.92. The van der Waals surface area contributed by atoms with Gasteiger partial charge in [-0.3, -0.25) is 4.79 Å². The molecule has 0 aliphatic carbocycles. The van der Waals surface area contributed by atoms with E-state index in [9.17, 15) is 13.2 Å². The van der Waals surface area contributed by atoms with Crippen molar-refractivity contribution in [2.45, 2.75) is 50.8 Å². The number of rotatable bonds is 5. The zero-order valence-electron chi connectivity index (χ0n) is 11.5. The van der Waals surface area contributed by atoms with Crippen molar-refractivity contribution in [3.05, 3.63) is 0 Å². The van der Waals surface area contributed by atoms with Crippen molar-refractivity contribution in [3.8, 4) is 0 Å². The molecule has 1 aliphatic heterocycles. The molecule has 0 bridgehead atoms. The second kappa shape index (κ2) is 6.65. The fraction of sp³-hybridized carbons (Fsp3) is 0.833.